The molecule has 5 rings (SSSR count). The molecule has 0 fully saturated rings. The minimum Gasteiger partial charge on any atom is -0.325 e. The van der Waals surface area contributed by atoms with E-state index in [1.165, 1.54) is 29.3 Å². The Morgan fingerprint density at radius 3 is 2.19 bits per heavy atom. The van der Waals surface area contributed by atoms with Crippen LogP contribution in [0.15, 0.2) is 70.3 Å². The van der Waals surface area contributed by atoms with E-state index >= 15 is 0 Å². The summed E-state index contributed by atoms with van der Waals surface area (Å²) in [5.74, 6) is -1.17. The van der Waals surface area contributed by atoms with Gasteiger partial charge in [-0.25, -0.2) is 9.78 Å². The highest BCUT2D eigenvalue weighted by Gasteiger charge is 2.20. The van der Waals surface area contributed by atoms with Crippen LogP contribution < -0.4 is 22.1 Å². The van der Waals surface area contributed by atoms with Gasteiger partial charge in [0.25, 0.3) is 17.4 Å². The Hall–Kier alpha value is -4.99. The summed E-state index contributed by atoms with van der Waals surface area (Å²) in [6.45, 7) is 1.99. The number of fused-ring (bicyclic) bond motifs is 2. The smallest absolute Gasteiger partial charge is 0.325 e. The molecule has 10 nitrogen and oxygen atoms in total. The maximum Gasteiger partial charge on any atom is 0.332 e. The van der Waals surface area contributed by atoms with Crippen molar-refractivity contribution < 1.29 is 9.59 Å². The summed E-state index contributed by atoms with van der Waals surface area (Å²) in [5.41, 5.74) is 7.85. The van der Waals surface area contributed by atoms with Crippen LogP contribution in [0.2, 0.25) is 0 Å². The molecular weight excluding hydrogens is 472 g/mol. The summed E-state index contributed by atoms with van der Waals surface area (Å²) in [5, 5.41) is 0.847. The van der Waals surface area contributed by atoms with E-state index in [1.807, 2.05) is 49.4 Å². The fourth-order valence-electron chi connectivity index (χ4n) is 4.44. The number of nitrogens with one attached hydrogen (secondary N) is 2. The Balaban J connectivity index is 1.47. The maximum atomic E-state index is 13.2. The number of amides is 2. The molecule has 3 aromatic heterocycles. The monoisotopic (exact) mass is 496 g/mol. The molecule has 0 bridgehead atoms. The number of hydrogen-bond acceptors (Lipinski definition) is 5. The molecule has 0 aliphatic rings. The molecule has 0 saturated carbocycles. The van der Waals surface area contributed by atoms with E-state index in [2.05, 4.69) is 10.9 Å². The number of nitrogens with zero attached hydrogens (tertiary/aromatic N) is 4. The minimum absolute atomic E-state index is 0.105. The number of aryl methyl sites for hydroxylation is 3. The predicted octanol–water partition coefficient (Wildman–Crippen LogP) is 2.17. The standard InChI is InChI=1S/C27H24N6O4/c1-15-9-11-16(12-10-15)21-13-18(17-7-5-6-8-20(17)28-21)23(34)29-30-24(35)22-14-19-25(31(22)2)32(3)27(37)33(4)26(19)36/h5-14H,1-4H3,(H,29,34)(H,30,35). The van der Waals surface area contributed by atoms with Gasteiger partial charge in [0, 0.05) is 32.1 Å². The van der Waals surface area contributed by atoms with E-state index in [0.29, 0.717) is 27.8 Å². The number of rotatable bonds is 3. The van der Waals surface area contributed by atoms with Gasteiger partial charge in [-0.05, 0) is 25.1 Å². The predicted molar refractivity (Wildman–Crippen MR) is 140 cm³/mol. The number of benzene rings is 2. The lowest BCUT2D eigenvalue weighted by molar-refractivity contribution is 0.0843. The first-order valence-corrected chi connectivity index (χ1v) is 11.5. The Morgan fingerprint density at radius 1 is 0.784 bits per heavy atom. The van der Waals surface area contributed by atoms with Gasteiger partial charge < -0.3 is 4.57 Å². The van der Waals surface area contributed by atoms with Crippen LogP contribution in [0.5, 0.6) is 0 Å². The molecule has 0 aliphatic carbocycles. The summed E-state index contributed by atoms with van der Waals surface area (Å²) < 4.78 is 3.71. The van der Waals surface area contributed by atoms with E-state index < -0.39 is 23.1 Å². The molecule has 3 heterocycles. The van der Waals surface area contributed by atoms with Crippen molar-refractivity contribution in [1.29, 1.82) is 0 Å². The Labute approximate surface area is 210 Å². The third kappa shape index (κ3) is 3.98. The summed E-state index contributed by atoms with van der Waals surface area (Å²) >= 11 is 0. The van der Waals surface area contributed by atoms with Gasteiger partial charge in [-0.1, -0.05) is 48.0 Å². The van der Waals surface area contributed by atoms with Crippen molar-refractivity contribution in [1.82, 2.24) is 29.5 Å². The second-order valence-electron chi connectivity index (χ2n) is 8.88. The normalized spacial score (nSPS) is 11.1. The topological polar surface area (TPSA) is 120 Å². The van der Waals surface area contributed by atoms with Crippen LogP contribution in [0, 0.1) is 6.92 Å². The van der Waals surface area contributed by atoms with Crippen LogP contribution in [0.1, 0.15) is 26.4 Å². The molecule has 5 aromatic rings. The molecule has 0 saturated heterocycles. The van der Waals surface area contributed by atoms with Gasteiger partial charge in [0.05, 0.1) is 22.2 Å². The quantitative estimate of drug-likeness (QED) is 0.371. The van der Waals surface area contributed by atoms with Crippen LogP contribution in [0.25, 0.3) is 33.2 Å². The van der Waals surface area contributed by atoms with E-state index in [9.17, 15) is 19.2 Å². The van der Waals surface area contributed by atoms with E-state index in [4.69, 9.17) is 4.98 Å². The third-order valence-corrected chi connectivity index (χ3v) is 6.46. The highest BCUT2D eigenvalue weighted by atomic mass is 16.2. The average Bonchev–Trinajstić information content (AvgIpc) is 3.26. The van der Waals surface area contributed by atoms with Crippen molar-refractivity contribution in [3.63, 3.8) is 0 Å². The largest absolute Gasteiger partial charge is 0.332 e. The first kappa shape index (κ1) is 23.7. The van der Waals surface area contributed by atoms with Gasteiger partial charge in [-0.2, -0.15) is 0 Å². The number of aromatic nitrogens is 4. The van der Waals surface area contributed by atoms with Gasteiger partial charge in [0.15, 0.2) is 0 Å². The third-order valence-electron chi connectivity index (χ3n) is 6.46. The van der Waals surface area contributed by atoms with Crippen molar-refractivity contribution in [2.45, 2.75) is 6.92 Å². The summed E-state index contributed by atoms with van der Waals surface area (Å²) in [4.78, 5) is 55.8. The molecule has 10 heteroatoms. The zero-order chi connectivity index (χ0) is 26.4. The van der Waals surface area contributed by atoms with Crippen molar-refractivity contribution in [2.75, 3.05) is 0 Å². The van der Waals surface area contributed by atoms with E-state index in [1.54, 1.807) is 19.2 Å². The summed E-state index contributed by atoms with van der Waals surface area (Å²) in [6.07, 6.45) is 0. The molecule has 0 spiro atoms. The maximum absolute atomic E-state index is 13.2. The van der Waals surface area contributed by atoms with Crippen LogP contribution in [-0.4, -0.2) is 30.5 Å². The number of pyridine rings is 1. The second-order valence-corrected chi connectivity index (χ2v) is 8.88. The highest BCUT2D eigenvalue weighted by molar-refractivity contribution is 6.08. The average molecular weight is 497 g/mol. The van der Waals surface area contributed by atoms with Crippen LogP contribution >= 0.6 is 0 Å². The van der Waals surface area contributed by atoms with Crippen LogP contribution in [0.4, 0.5) is 0 Å². The van der Waals surface area contributed by atoms with Gasteiger partial charge in [0.2, 0.25) is 0 Å². The van der Waals surface area contributed by atoms with Crippen LogP contribution in [0.3, 0.4) is 0 Å². The first-order chi connectivity index (χ1) is 17.7. The molecule has 0 unspecified atom stereocenters. The van der Waals surface area contributed by atoms with Crippen molar-refractivity contribution in [3.05, 3.63) is 98.3 Å². The zero-order valence-electron chi connectivity index (χ0n) is 20.7. The summed E-state index contributed by atoms with van der Waals surface area (Å²) in [7, 11) is 4.47. The van der Waals surface area contributed by atoms with Crippen molar-refractivity contribution in [3.8, 4) is 11.3 Å². The molecule has 0 radical (unpaired) electrons. The fraction of sp³-hybridized carbons (Fsp3) is 0.148. The number of carbonyl (C=O) groups is 2. The Bertz CT molecular complexity index is 1840. The van der Waals surface area contributed by atoms with Gasteiger partial charge in [-0.3, -0.25) is 34.4 Å². The lowest BCUT2D eigenvalue weighted by Crippen LogP contribution is -2.42. The van der Waals surface area contributed by atoms with Crippen LogP contribution in [-0.2, 0) is 21.1 Å². The van der Waals surface area contributed by atoms with Gasteiger partial charge in [0.1, 0.15) is 11.3 Å². The summed E-state index contributed by atoms with van der Waals surface area (Å²) in [6, 6.07) is 18.2. The van der Waals surface area contributed by atoms with Crippen molar-refractivity contribution >= 4 is 33.8 Å². The molecule has 0 atom stereocenters. The fourth-order valence-corrected chi connectivity index (χ4v) is 4.44. The lowest BCUT2D eigenvalue weighted by atomic mass is 10.0. The van der Waals surface area contributed by atoms with Gasteiger partial charge >= 0.3 is 5.69 Å². The molecule has 186 valence electrons. The number of hydrogen-bond donors (Lipinski definition) is 2. The molecular formula is C27H24N6O4. The highest BCUT2D eigenvalue weighted by Crippen LogP contribution is 2.25. The molecule has 0 aliphatic heterocycles. The zero-order valence-corrected chi connectivity index (χ0v) is 20.7. The molecule has 2 amide bonds. The van der Waals surface area contributed by atoms with E-state index in [-0.39, 0.29) is 11.1 Å². The minimum atomic E-state index is -0.640. The number of hydrazine groups is 1. The molecule has 2 aromatic carbocycles. The second kappa shape index (κ2) is 8.90. The number of para-hydroxylation sites is 1. The SMILES string of the molecule is Cc1ccc(-c2cc(C(=O)NNC(=O)c3cc4c(=O)n(C)c(=O)n(C)c4n3C)c3ccccc3n2)cc1. The number of carbonyl (C=O) groups excluding carboxylic acids is 2. The Kier molecular flexibility index (Phi) is 5.71. The van der Waals surface area contributed by atoms with Crippen molar-refractivity contribution in [2.24, 2.45) is 21.1 Å². The van der Waals surface area contributed by atoms with Gasteiger partial charge in [-0.15, -0.1) is 0 Å². The first-order valence-electron chi connectivity index (χ1n) is 11.5. The van der Waals surface area contributed by atoms with E-state index in [0.717, 1.165) is 15.7 Å². The molecule has 2 N–H and O–H groups in total. The Morgan fingerprint density at radius 2 is 1.46 bits per heavy atom. The lowest BCUT2D eigenvalue weighted by Gasteiger charge is -2.12. The molecule has 37 heavy (non-hydrogen) atoms.